The van der Waals surface area contributed by atoms with E-state index in [2.05, 4.69) is 39.8 Å². The van der Waals surface area contributed by atoms with Gasteiger partial charge in [0, 0.05) is 44.8 Å². The van der Waals surface area contributed by atoms with Crippen molar-refractivity contribution in [2.75, 3.05) is 26.2 Å². The Hall–Kier alpha value is -1.92. The summed E-state index contributed by atoms with van der Waals surface area (Å²) >= 11 is 0. The molecule has 0 spiro atoms. The van der Waals surface area contributed by atoms with Gasteiger partial charge in [-0.25, -0.2) is 0 Å². The molecule has 1 aromatic rings. The van der Waals surface area contributed by atoms with E-state index in [0.29, 0.717) is 6.04 Å². The summed E-state index contributed by atoms with van der Waals surface area (Å²) in [5.74, 6) is 0.0884. The molecule has 2 amide bonds. The van der Waals surface area contributed by atoms with Crippen LogP contribution < -0.4 is 10.6 Å². The second kappa shape index (κ2) is 8.40. The minimum atomic E-state index is -0.376. The van der Waals surface area contributed by atoms with Gasteiger partial charge in [-0.3, -0.25) is 14.5 Å². The molecule has 0 aromatic heterocycles. The van der Waals surface area contributed by atoms with Crippen LogP contribution in [0, 0.1) is 0 Å². The molecule has 2 heterocycles. The first-order valence-corrected chi connectivity index (χ1v) is 10.3. The summed E-state index contributed by atoms with van der Waals surface area (Å²) in [6, 6.07) is 10.6. The molecule has 3 atom stereocenters. The number of hydrogen-bond acceptors (Lipinski definition) is 4. The highest BCUT2D eigenvalue weighted by Crippen LogP contribution is 2.22. The molecule has 2 saturated heterocycles. The summed E-state index contributed by atoms with van der Waals surface area (Å²) in [5, 5.41) is 6.58. The molecule has 0 radical (unpaired) electrons. The van der Waals surface area contributed by atoms with Crippen molar-refractivity contribution < 1.29 is 9.59 Å². The third-order valence-corrected chi connectivity index (χ3v) is 6.18. The summed E-state index contributed by atoms with van der Waals surface area (Å²) in [5.41, 5.74) is 1.31. The molecule has 27 heavy (non-hydrogen) atoms. The zero-order valence-corrected chi connectivity index (χ0v) is 15.9. The standard InChI is InChI=1S/C21H30N4O2/c26-20(14-19-21(27)23-18-9-5-4-8-17(18)22-19)25-12-10-24(11-13-25)15-16-6-2-1-3-7-16/h1-3,6-7,17-19,22H,4-5,8-15H2,(H,23,27)/t17-,18+,19-/m0/s1. The number of carbonyl (C=O) groups excluding carboxylic acids is 2. The number of fused-ring (bicyclic) bond motifs is 1. The van der Waals surface area contributed by atoms with Crippen LogP contribution in [-0.2, 0) is 16.1 Å². The number of nitrogens with one attached hydrogen (secondary N) is 2. The van der Waals surface area contributed by atoms with E-state index in [-0.39, 0.29) is 30.3 Å². The van der Waals surface area contributed by atoms with Crippen LogP contribution in [0.1, 0.15) is 37.7 Å². The Labute approximate surface area is 161 Å². The number of nitrogens with zero attached hydrogens (tertiary/aromatic N) is 2. The Balaban J connectivity index is 1.25. The molecule has 2 N–H and O–H groups in total. The Morgan fingerprint density at radius 1 is 1.00 bits per heavy atom. The molecule has 6 nitrogen and oxygen atoms in total. The topological polar surface area (TPSA) is 64.7 Å². The maximum atomic E-state index is 12.7. The first-order valence-electron chi connectivity index (χ1n) is 10.3. The van der Waals surface area contributed by atoms with Gasteiger partial charge in [0.15, 0.2) is 0 Å². The normalized spacial score (nSPS) is 29.1. The van der Waals surface area contributed by atoms with Crippen molar-refractivity contribution in [3.63, 3.8) is 0 Å². The van der Waals surface area contributed by atoms with Crippen molar-refractivity contribution >= 4 is 11.8 Å². The average molecular weight is 370 g/mol. The molecule has 0 bridgehead atoms. The van der Waals surface area contributed by atoms with Gasteiger partial charge in [-0.15, -0.1) is 0 Å². The summed E-state index contributed by atoms with van der Waals surface area (Å²) in [6.45, 7) is 4.18. The van der Waals surface area contributed by atoms with Crippen molar-refractivity contribution in [1.82, 2.24) is 20.4 Å². The minimum Gasteiger partial charge on any atom is -0.350 e. The van der Waals surface area contributed by atoms with Gasteiger partial charge in [0.2, 0.25) is 11.8 Å². The Morgan fingerprint density at radius 2 is 1.70 bits per heavy atom. The first kappa shape index (κ1) is 18.4. The molecule has 1 aliphatic carbocycles. The van der Waals surface area contributed by atoms with E-state index in [9.17, 15) is 9.59 Å². The van der Waals surface area contributed by atoms with E-state index in [1.54, 1.807) is 0 Å². The van der Waals surface area contributed by atoms with Crippen molar-refractivity contribution in [1.29, 1.82) is 0 Å². The largest absolute Gasteiger partial charge is 0.350 e. The highest BCUT2D eigenvalue weighted by Gasteiger charge is 2.37. The lowest BCUT2D eigenvalue weighted by Crippen LogP contribution is -2.65. The zero-order valence-electron chi connectivity index (χ0n) is 15.9. The second-order valence-corrected chi connectivity index (χ2v) is 8.07. The number of benzene rings is 1. The Kier molecular flexibility index (Phi) is 5.74. The van der Waals surface area contributed by atoms with Crippen LogP contribution in [0.3, 0.4) is 0 Å². The molecule has 1 saturated carbocycles. The van der Waals surface area contributed by atoms with Gasteiger partial charge in [0.05, 0.1) is 12.5 Å². The van der Waals surface area contributed by atoms with Crippen LogP contribution in [0.4, 0.5) is 0 Å². The van der Waals surface area contributed by atoms with Crippen LogP contribution in [0.5, 0.6) is 0 Å². The summed E-state index contributed by atoms with van der Waals surface area (Å²) in [7, 11) is 0. The van der Waals surface area contributed by atoms with Crippen molar-refractivity contribution in [3.05, 3.63) is 35.9 Å². The van der Waals surface area contributed by atoms with Crippen LogP contribution in [0.15, 0.2) is 30.3 Å². The number of amides is 2. The molecule has 4 rings (SSSR count). The van der Waals surface area contributed by atoms with Gasteiger partial charge in [0.25, 0.3) is 0 Å². The van der Waals surface area contributed by atoms with E-state index in [1.807, 2.05) is 11.0 Å². The fraction of sp³-hybridized carbons (Fsp3) is 0.619. The molecular weight excluding hydrogens is 340 g/mol. The number of piperazine rings is 2. The molecule has 0 unspecified atom stereocenters. The van der Waals surface area contributed by atoms with Gasteiger partial charge < -0.3 is 15.5 Å². The Morgan fingerprint density at radius 3 is 2.44 bits per heavy atom. The SMILES string of the molecule is O=C1N[C@@H]2CCCC[C@@H]2N[C@H]1CC(=O)N1CCN(Cc2ccccc2)CC1. The second-order valence-electron chi connectivity index (χ2n) is 8.07. The van der Waals surface area contributed by atoms with E-state index in [4.69, 9.17) is 0 Å². The fourth-order valence-electron chi connectivity index (χ4n) is 4.57. The van der Waals surface area contributed by atoms with Gasteiger partial charge in [-0.05, 0) is 18.4 Å². The smallest absolute Gasteiger partial charge is 0.237 e. The summed E-state index contributed by atoms with van der Waals surface area (Å²) in [4.78, 5) is 29.4. The highest BCUT2D eigenvalue weighted by atomic mass is 16.2. The van der Waals surface area contributed by atoms with E-state index in [1.165, 1.54) is 18.4 Å². The lowest BCUT2D eigenvalue weighted by atomic mass is 9.87. The van der Waals surface area contributed by atoms with Gasteiger partial charge >= 0.3 is 0 Å². The van der Waals surface area contributed by atoms with Crippen molar-refractivity contribution in [3.8, 4) is 0 Å². The number of hydrogen-bond donors (Lipinski definition) is 2. The fourth-order valence-corrected chi connectivity index (χ4v) is 4.57. The minimum absolute atomic E-state index is 0.00536. The molecular formula is C21H30N4O2. The van der Waals surface area contributed by atoms with Crippen LogP contribution >= 0.6 is 0 Å². The molecule has 3 aliphatic rings. The van der Waals surface area contributed by atoms with Crippen LogP contribution in [0.2, 0.25) is 0 Å². The number of rotatable bonds is 4. The summed E-state index contributed by atoms with van der Waals surface area (Å²) < 4.78 is 0. The van der Waals surface area contributed by atoms with Crippen LogP contribution in [-0.4, -0.2) is 65.9 Å². The molecule has 146 valence electrons. The maximum absolute atomic E-state index is 12.7. The lowest BCUT2D eigenvalue weighted by molar-refractivity contribution is -0.137. The zero-order chi connectivity index (χ0) is 18.6. The van der Waals surface area contributed by atoms with Gasteiger partial charge in [-0.2, -0.15) is 0 Å². The predicted molar refractivity (Wildman–Crippen MR) is 104 cm³/mol. The van der Waals surface area contributed by atoms with Crippen molar-refractivity contribution in [2.45, 2.75) is 56.8 Å². The lowest BCUT2D eigenvalue weighted by Gasteiger charge is -2.41. The quantitative estimate of drug-likeness (QED) is 0.834. The molecule has 1 aromatic carbocycles. The van der Waals surface area contributed by atoms with Gasteiger partial charge in [0.1, 0.15) is 0 Å². The summed E-state index contributed by atoms with van der Waals surface area (Å²) in [6.07, 6.45) is 4.79. The highest BCUT2D eigenvalue weighted by molar-refractivity contribution is 5.89. The van der Waals surface area contributed by atoms with Crippen LogP contribution in [0.25, 0.3) is 0 Å². The molecule has 6 heteroatoms. The third-order valence-electron chi connectivity index (χ3n) is 6.18. The monoisotopic (exact) mass is 370 g/mol. The van der Waals surface area contributed by atoms with Crippen molar-refractivity contribution in [2.24, 2.45) is 0 Å². The first-order chi connectivity index (χ1) is 13.2. The molecule has 3 fully saturated rings. The van der Waals surface area contributed by atoms with E-state index >= 15 is 0 Å². The molecule has 2 aliphatic heterocycles. The number of carbonyl (C=O) groups is 2. The Bertz CT molecular complexity index is 657. The average Bonchev–Trinajstić information content (AvgIpc) is 2.70. The third kappa shape index (κ3) is 4.50. The maximum Gasteiger partial charge on any atom is 0.237 e. The van der Waals surface area contributed by atoms with E-state index in [0.717, 1.165) is 45.6 Å². The predicted octanol–water partition coefficient (Wildman–Crippen LogP) is 1.12. The van der Waals surface area contributed by atoms with E-state index < -0.39 is 0 Å². The van der Waals surface area contributed by atoms with Gasteiger partial charge in [-0.1, -0.05) is 43.2 Å².